The highest BCUT2D eigenvalue weighted by molar-refractivity contribution is 5.84. The number of aromatic amines is 1. The van der Waals surface area contributed by atoms with E-state index in [0.29, 0.717) is 18.9 Å². The molecule has 2 N–H and O–H groups in total. The van der Waals surface area contributed by atoms with Gasteiger partial charge in [-0.3, -0.25) is 9.69 Å². The van der Waals surface area contributed by atoms with Crippen LogP contribution < -0.4 is 19.7 Å². The Kier molecular flexibility index (Phi) is 5.99. The normalized spacial score (nSPS) is 18.1. The van der Waals surface area contributed by atoms with Crippen LogP contribution in [0.1, 0.15) is 24.8 Å². The Hall–Kier alpha value is -3.60. The molecule has 0 atom stereocenters. The highest BCUT2D eigenvalue weighted by Crippen LogP contribution is 2.33. The topological polar surface area (TPSA) is 112 Å². The van der Waals surface area contributed by atoms with Gasteiger partial charge in [0.25, 0.3) is 0 Å². The van der Waals surface area contributed by atoms with Crippen LogP contribution in [0, 0.1) is 0 Å². The van der Waals surface area contributed by atoms with Gasteiger partial charge in [-0.15, -0.1) is 0 Å². The van der Waals surface area contributed by atoms with Crippen LogP contribution in [0.3, 0.4) is 0 Å². The van der Waals surface area contributed by atoms with Crippen molar-refractivity contribution in [1.82, 2.24) is 29.7 Å². The zero-order valence-electron chi connectivity index (χ0n) is 19.7. The second-order valence-electron chi connectivity index (χ2n) is 9.20. The Morgan fingerprint density at radius 2 is 1.94 bits per heavy atom. The fourth-order valence-electron chi connectivity index (χ4n) is 4.93. The first-order valence-electron chi connectivity index (χ1n) is 12.3. The standard InChI is InChI=1S/C24H30N8O3/c33-20-3-1-7-31(20)8-2-6-25-22-21-23(27-15-26-22)29-24(28-21)32-11-9-30(10-12-32)14-17-4-5-18-19(13-17)35-16-34-18/h4-5,13,15H,1-3,6-12,14,16H2,(H2,25,26,27,28,29). The summed E-state index contributed by atoms with van der Waals surface area (Å²) in [6.07, 6.45) is 4.08. The van der Waals surface area contributed by atoms with Crippen molar-refractivity contribution in [3.8, 4) is 11.5 Å². The van der Waals surface area contributed by atoms with E-state index in [1.807, 2.05) is 11.0 Å². The van der Waals surface area contributed by atoms with Gasteiger partial charge < -0.3 is 29.6 Å². The number of aromatic nitrogens is 4. The maximum Gasteiger partial charge on any atom is 0.231 e. The monoisotopic (exact) mass is 478 g/mol. The molecule has 2 aromatic heterocycles. The van der Waals surface area contributed by atoms with Crippen molar-refractivity contribution in [1.29, 1.82) is 0 Å². The molecule has 0 radical (unpaired) electrons. The van der Waals surface area contributed by atoms with Crippen molar-refractivity contribution < 1.29 is 14.3 Å². The summed E-state index contributed by atoms with van der Waals surface area (Å²) >= 11 is 0. The number of amides is 1. The van der Waals surface area contributed by atoms with Gasteiger partial charge in [-0.25, -0.2) is 9.97 Å². The van der Waals surface area contributed by atoms with Gasteiger partial charge in [0, 0.05) is 58.8 Å². The fraction of sp³-hybridized carbons (Fsp3) is 0.500. The average molecular weight is 479 g/mol. The molecular weight excluding hydrogens is 448 g/mol. The molecule has 3 aliphatic rings. The van der Waals surface area contributed by atoms with Crippen molar-refractivity contribution in [2.75, 3.05) is 62.8 Å². The van der Waals surface area contributed by atoms with Crippen molar-refractivity contribution >= 4 is 28.8 Å². The van der Waals surface area contributed by atoms with Crippen LogP contribution in [0.15, 0.2) is 24.5 Å². The predicted octanol–water partition coefficient (Wildman–Crippen LogP) is 1.83. The van der Waals surface area contributed by atoms with Crippen LogP contribution in [0.2, 0.25) is 0 Å². The van der Waals surface area contributed by atoms with Crippen molar-refractivity contribution in [2.24, 2.45) is 0 Å². The molecule has 3 aromatic rings. The quantitative estimate of drug-likeness (QED) is 0.468. The van der Waals surface area contributed by atoms with E-state index in [9.17, 15) is 4.79 Å². The van der Waals surface area contributed by atoms with E-state index < -0.39 is 0 Å². The molecule has 5 heterocycles. The molecule has 3 aliphatic heterocycles. The number of carbonyl (C=O) groups is 1. The summed E-state index contributed by atoms with van der Waals surface area (Å²) in [6, 6.07) is 6.17. The molecular formula is C24H30N8O3. The molecule has 2 fully saturated rings. The lowest BCUT2D eigenvalue weighted by Crippen LogP contribution is -2.46. The Bertz CT molecular complexity index is 1210. The van der Waals surface area contributed by atoms with Crippen molar-refractivity contribution in [3.63, 3.8) is 0 Å². The second-order valence-corrected chi connectivity index (χ2v) is 9.20. The molecule has 2 saturated heterocycles. The number of nitrogens with one attached hydrogen (secondary N) is 2. The number of fused-ring (bicyclic) bond motifs is 2. The molecule has 0 bridgehead atoms. The van der Waals surface area contributed by atoms with Crippen LogP contribution in [0.25, 0.3) is 11.2 Å². The molecule has 1 aromatic carbocycles. The fourth-order valence-corrected chi connectivity index (χ4v) is 4.93. The third-order valence-corrected chi connectivity index (χ3v) is 6.86. The Morgan fingerprint density at radius 1 is 1.06 bits per heavy atom. The van der Waals surface area contributed by atoms with Gasteiger partial charge in [-0.05, 0) is 30.5 Å². The van der Waals surface area contributed by atoms with Gasteiger partial charge in [0.2, 0.25) is 18.6 Å². The first-order chi connectivity index (χ1) is 17.2. The lowest BCUT2D eigenvalue weighted by molar-refractivity contribution is -0.127. The molecule has 0 unspecified atom stereocenters. The number of nitrogens with zero attached hydrogens (tertiary/aromatic N) is 6. The Balaban J connectivity index is 1.04. The van der Waals surface area contributed by atoms with E-state index in [1.54, 1.807) is 6.33 Å². The lowest BCUT2D eigenvalue weighted by atomic mass is 10.1. The van der Waals surface area contributed by atoms with Crippen LogP contribution in [-0.2, 0) is 11.3 Å². The summed E-state index contributed by atoms with van der Waals surface area (Å²) in [5.41, 5.74) is 2.71. The predicted molar refractivity (Wildman–Crippen MR) is 131 cm³/mol. The molecule has 1 amide bonds. The summed E-state index contributed by atoms with van der Waals surface area (Å²) in [5, 5.41) is 3.39. The van der Waals surface area contributed by atoms with Crippen molar-refractivity contribution in [2.45, 2.75) is 25.8 Å². The first-order valence-corrected chi connectivity index (χ1v) is 12.3. The molecule has 35 heavy (non-hydrogen) atoms. The molecule has 6 rings (SSSR count). The van der Waals surface area contributed by atoms with Gasteiger partial charge >= 0.3 is 0 Å². The SMILES string of the molecule is O=C1CCCN1CCCNc1ncnc2nc(N3CCN(Cc4ccc5c(c4)OCO5)CC3)[nH]c12. The maximum absolute atomic E-state index is 11.8. The summed E-state index contributed by atoms with van der Waals surface area (Å²) in [7, 11) is 0. The molecule has 0 spiro atoms. The lowest BCUT2D eigenvalue weighted by Gasteiger charge is -2.34. The summed E-state index contributed by atoms with van der Waals surface area (Å²) in [6.45, 7) is 7.23. The molecule has 184 valence electrons. The molecule has 11 nitrogen and oxygen atoms in total. The smallest absolute Gasteiger partial charge is 0.231 e. The third kappa shape index (κ3) is 4.68. The largest absolute Gasteiger partial charge is 0.454 e. The number of hydrogen-bond donors (Lipinski definition) is 2. The van der Waals surface area contributed by atoms with E-state index in [1.165, 1.54) is 5.56 Å². The van der Waals surface area contributed by atoms with E-state index in [2.05, 4.69) is 42.2 Å². The van der Waals surface area contributed by atoms with E-state index >= 15 is 0 Å². The van der Waals surface area contributed by atoms with E-state index in [0.717, 1.165) is 94.0 Å². The number of piperazine rings is 1. The third-order valence-electron chi connectivity index (χ3n) is 6.86. The number of hydrogen-bond acceptors (Lipinski definition) is 9. The highest BCUT2D eigenvalue weighted by atomic mass is 16.7. The Labute approximate surface area is 203 Å². The minimum absolute atomic E-state index is 0.267. The minimum atomic E-state index is 0.267. The number of benzene rings is 1. The summed E-state index contributed by atoms with van der Waals surface area (Å²) < 4.78 is 10.9. The molecule has 11 heteroatoms. The number of anilines is 2. The van der Waals surface area contributed by atoms with Crippen LogP contribution in [0.4, 0.5) is 11.8 Å². The second kappa shape index (κ2) is 9.57. The first kappa shape index (κ1) is 21.9. The molecule has 0 aliphatic carbocycles. The average Bonchev–Trinajstić information content (AvgIpc) is 3.62. The van der Waals surface area contributed by atoms with Gasteiger partial charge in [-0.1, -0.05) is 6.07 Å². The number of imidazole rings is 1. The van der Waals surface area contributed by atoms with Crippen LogP contribution >= 0.6 is 0 Å². The van der Waals surface area contributed by atoms with Crippen LogP contribution in [0.5, 0.6) is 11.5 Å². The number of carbonyl (C=O) groups excluding carboxylic acids is 1. The van der Waals surface area contributed by atoms with Gasteiger partial charge in [0.15, 0.2) is 23.0 Å². The van der Waals surface area contributed by atoms with Gasteiger partial charge in [0.05, 0.1) is 0 Å². The maximum atomic E-state index is 11.8. The van der Waals surface area contributed by atoms with E-state index in [4.69, 9.17) is 14.5 Å². The summed E-state index contributed by atoms with van der Waals surface area (Å²) in [4.78, 5) is 35.3. The number of rotatable bonds is 8. The van der Waals surface area contributed by atoms with E-state index in [-0.39, 0.29) is 5.91 Å². The number of H-pyrrole nitrogens is 1. The highest BCUT2D eigenvalue weighted by Gasteiger charge is 2.22. The number of ether oxygens (including phenoxy) is 2. The Morgan fingerprint density at radius 3 is 2.80 bits per heavy atom. The minimum Gasteiger partial charge on any atom is -0.454 e. The zero-order valence-corrected chi connectivity index (χ0v) is 19.7. The number of likely N-dealkylation sites (tertiary alicyclic amines) is 1. The summed E-state index contributed by atoms with van der Waals surface area (Å²) in [5.74, 6) is 3.50. The van der Waals surface area contributed by atoms with Crippen LogP contribution in [-0.4, -0.2) is 88.2 Å². The zero-order chi connectivity index (χ0) is 23.6. The van der Waals surface area contributed by atoms with Gasteiger partial charge in [0.1, 0.15) is 11.8 Å². The van der Waals surface area contributed by atoms with Crippen molar-refractivity contribution in [3.05, 3.63) is 30.1 Å². The molecule has 0 saturated carbocycles. The van der Waals surface area contributed by atoms with Gasteiger partial charge in [-0.2, -0.15) is 4.98 Å².